The molecule has 124 valence electrons. The van der Waals surface area contributed by atoms with E-state index in [1.807, 2.05) is 0 Å². The summed E-state index contributed by atoms with van der Waals surface area (Å²) in [5.74, 6) is 0.396. The number of nitrogens with one attached hydrogen (secondary N) is 1. The predicted octanol–water partition coefficient (Wildman–Crippen LogP) is 1.40. The van der Waals surface area contributed by atoms with E-state index in [2.05, 4.69) is 24.1 Å². The van der Waals surface area contributed by atoms with Gasteiger partial charge in [-0.2, -0.15) is 4.31 Å². The van der Waals surface area contributed by atoms with Crippen LogP contribution in [0.5, 0.6) is 0 Å². The molecule has 0 fully saturated rings. The van der Waals surface area contributed by atoms with Crippen LogP contribution in [0.1, 0.15) is 32.4 Å². The number of carbonyl (C=O) groups is 1. The topological polar surface area (TPSA) is 79.4 Å². The highest BCUT2D eigenvalue weighted by atomic mass is 32.2. The first-order chi connectivity index (χ1) is 10.3. The molecule has 1 rings (SSSR count). The van der Waals surface area contributed by atoms with Crippen molar-refractivity contribution in [3.63, 3.8) is 0 Å². The van der Waals surface area contributed by atoms with Crippen LogP contribution in [0.15, 0.2) is 24.4 Å². The van der Waals surface area contributed by atoms with Crippen LogP contribution in [-0.4, -0.2) is 43.0 Å². The normalized spacial score (nSPS) is 11.9. The summed E-state index contributed by atoms with van der Waals surface area (Å²) in [6.07, 6.45) is 3.83. The fourth-order valence-electron chi connectivity index (χ4n) is 1.85. The van der Waals surface area contributed by atoms with Gasteiger partial charge in [0, 0.05) is 25.7 Å². The van der Waals surface area contributed by atoms with E-state index in [1.165, 1.54) is 4.31 Å². The Kier molecular flexibility index (Phi) is 7.47. The van der Waals surface area contributed by atoms with Crippen LogP contribution in [0.2, 0.25) is 0 Å². The Bertz CT molecular complexity index is 559. The standard InChI is InChI=1S/C15H25N3O3S/c1-13(2)7-10-17-15(19)8-11-18(22(3,20)21)12-14-6-4-5-9-16-14/h4-6,9,13H,7-8,10-12H2,1-3H3,(H,17,19). The summed E-state index contributed by atoms with van der Waals surface area (Å²) in [6.45, 7) is 5.13. The number of rotatable bonds is 9. The van der Waals surface area contributed by atoms with Gasteiger partial charge < -0.3 is 5.32 Å². The number of hydrogen-bond donors (Lipinski definition) is 1. The van der Waals surface area contributed by atoms with Gasteiger partial charge in [-0.1, -0.05) is 19.9 Å². The highest BCUT2D eigenvalue weighted by molar-refractivity contribution is 7.88. The minimum atomic E-state index is -3.38. The summed E-state index contributed by atoms with van der Waals surface area (Å²) >= 11 is 0. The lowest BCUT2D eigenvalue weighted by Crippen LogP contribution is -2.34. The minimum Gasteiger partial charge on any atom is -0.356 e. The van der Waals surface area contributed by atoms with Gasteiger partial charge in [0.25, 0.3) is 0 Å². The molecule has 1 amide bonds. The Labute approximate surface area is 133 Å². The van der Waals surface area contributed by atoms with Crippen LogP contribution in [0, 0.1) is 5.92 Å². The number of pyridine rings is 1. The van der Waals surface area contributed by atoms with Gasteiger partial charge in [-0.3, -0.25) is 9.78 Å². The lowest BCUT2D eigenvalue weighted by molar-refractivity contribution is -0.121. The van der Waals surface area contributed by atoms with Crippen molar-refractivity contribution >= 4 is 15.9 Å². The van der Waals surface area contributed by atoms with Gasteiger partial charge in [0.2, 0.25) is 15.9 Å². The van der Waals surface area contributed by atoms with Crippen LogP contribution in [0.4, 0.5) is 0 Å². The number of sulfonamides is 1. The van der Waals surface area contributed by atoms with E-state index < -0.39 is 10.0 Å². The molecule has 0 bridgehead atoms. The lowest BCUT2D eigenvalue weighted by Gasteiger charge is -2.19. The first-order valence-corrected chi connectivity index (χ1v) is 9.25. The van der Waals surface area contributed by atoms with E-state index in [0.717, 1.165) is 12.7 Å². The molecule has 0 atom stereocenters. The van der Waals surface area contributed by atoms with Gasteiger partial charge in [-0.05, 0) is 24.5 Å². The number of hydrogen-bond acceptors (Lipinski definition) is 4. The van der Waals surface area contributed by atoms with Crippen LogP contribution in [0.25, 0.3) is 0 Å². The summed E-state index contributed by atoms with van der Waals surface area (Å²) in [4.78, 5) is 15.9. The molecule has 1 aromatic heterocycles. The van der Waals surface area contributed by atoms with Gasteiger partial charge in [0.1, 0.15) is 0 Å². The Morgan fingerprint density at radius 1 is 1.36 bits per heavy atom. The van der Waals surface area contributed by atoms with Crippen molar-refractivity contribution in [2.45, 2.75) is 33.2 Å². The predicted molar refractivity (Wildman–Crippen MR) is 86.6 cm³/mol. The second-order valence-electron chi connectivity index (χ2n) is 5.70. The van der Waals surface area contributed by atoms with E-state index in [-0.39, 0.29) is 25.4 Å². The van der Waals surface area contributed by atoms with Crippen molar-refractivity contribution in [3.05, 3.63) is 30.1 Å². The zero-order valence-corrected chi connectivity index (χ0v) is 14.3. The van der Waals surface area contributed by atoms with Crippen molar-refractivity contribution in [2.24, 2.45) is 5.92 Å². The smallest absolute Gasteiger partial charge is 0.221 e. The first-order valence-electron chi connectivity index (χ1n) is 7.40. The first kappa shape index (κ1) is 18.6. The Hall–Kier alpha value is -1.47. The van der Waals surface area contributed by atoms with E-state index in [0.29, 0.717) is 18.2 Å². The highest BCUT2D eigenvalue weighted by Gasteiger charge is 2.18. The largest absolute Gasteiger partial charge is 0.356 e. The summed E-state index contributed by atoms with van der Waals surface area (Å²) in [5, 5.41) is 2.81. The summed E-state index contributed by atoms with van der Waals surface area (Å²) < 4.78 is 24.9. The van der Waals surface area contributed by atoms with Crippen LogP contribution < -0.4 is 5.32 Å². The zero-order chi connectivity index (χ0) is 16.6. The third kappa shape index (κ3) is 7.51. The average molecular weight is 327 g/mol. The lowest BCUT2D eigenvalue weighted by atomic mass is 10.1. The molecule has 0 aliphatic heterocycles. The molecule has 0 saturated heterocycles. The second-order valence-corrected chi connectivity index (χ2v) is 7.68. The quantitative estimate of drug-likeness (QED) is 0.743. The number of aromatic nitrogens is 1. The van der Waals surface area contributed by atoms with Gasteiger partial charge in [0.05, 0.1) is 18.5 Å². The Balaban J connectivity index is 2.51. The summed E-state index contributed by atoms with van der Waals surface area (Å²) in [5.41, 5.74) is 0.660. The zero-order valence-electron chi connectivity index (χ0n) is 13.4. The maximum atomic E-state index is 11.8. The number of nitrogens with zero attached hydrogens (tertiary/aromatic N) is 2. The molecule has 0 aliphatic carbocycles. The Morgan fingerprint density at radius 2 is 2.09 bits per heavy atom. The van der Waals surface area contributed by atoms with Crippen molar-refractivity contribution in [1.82, 2.24) is 14.6 Å². The van der Waals surface area contributed by atoms with Gasteiger partial charge >= 0.3 is 0 Å². The van der Waals surface area contributed by atoms with E-state index in [9.17, 15) is 13.2 Å². The molecule has 0 aliphatic rings. The molecule has 1 aromatic rings. The van der Waals surface area contributed by atoms with E-state index in [1.54, 1.807) is 24.4 Å². The summed E-state index contributed by atoms with van der Waals surface area (Å²) in [6, 6.07) is 5.35. The molecule has 1 N–H and O–H groups in total. The van der Waals surface area contributed by atoms with Crippen molar-refractivity contribution in [3.8, 4) is 0 Å². The SMILES string of the molecule is CC(C)CCNC(=O)CCN(Cc1ccccn1)S(C)(=O)=O. The van der Waals surface area contributed by atoms with Crippen LogP contribution in [-0.2, 0) is 21.4 Å². The van der Waals surface area contributed by atoms with Gasteiger partial charge in [0.15, 0.2) is 0 Å². The van der Waals surface area contributed by atoms with E-state index in [4.69, 9.17) is 0 Å². The van der Waals surface area contributed by atoms with Crippen molar-refractivity contribution in [1.29, 1.82) is 0 Å². The van der Waals surface area contributed by atoms with Gasteiger partial charge in [-0.15, -0.1) is 0 Å². The molecule has 0 unspecified atom stereocenters. The molecule has 0 spiro atoms. The van der Waals surface area contributed by atoms with Gasteiger partial charge in [-0.25, -0.2) is 8.42 Å². The fraction of sp³-hybridized carbons (Fsp3) is 0.600. The maximum Gasteiger partial charge on any atom is 0.221 e. The maximum absolute atomic E-state index is 11.8. The summed E-state index contributed by atoms with van der Waals surface area (Å²) in [7, 11) is -3.38. The molecule has 22 heavy (non-hydrogen) atoms. The Morgan fingerprint density at radius 3 is 2.64 bits per heavy atom. The molecule has 0 aromatic carbocycles. The molecular weight excluding hydrogens is 302 g/mol. The number of amides is 1. The van der Waals surface area contributed by atoms with Crippen molar-refractivity contribution < 1.29 is 13.2 Å². The van der Waals surface area contributed by atoms with Crippen LogP contribution in [0.3, 0.4) is 0 Å². The van der Waals surface area contributed by atoms with E-state index >= 15 is 0 Å². The molecule has 0 saturated carbocycles. The van der Waals surface area contributed by atoms with Crippen LogP contribution >= 0.6 is 0 Å². The minimum absolute atomic E-state index is 0.129. The monoisotopic (exact) mass is 327 g/mol. The molecule has 6 nitrogen and oxygen atoms in total. The molecule has 7 heteroatoms. The molecule has 0 radical (unpaired) electrons. The second kappa shape index (κ2) is 8.85. The number of carbonyl (C=O) groups excluding carboxylic acids is 1. The fourth-order valence-corrected chi connectivity index (χ4v) is 2.64. The molecular formula is C15H25N3O3S. The molecule has 1 heterocycles. The third-order valence-electron chi connectivity index (χ3n) is 3.17. The van der Waals surface area contributed by atoms with Crippen molar-refractivity contribution in [2.75, 3.05) is 19.3 Å². The average Bonchev–Trinajstić information content (AvgIpc) is 2.43. The highest BCUT2D eigenvalue weighted by Crippen LogP contribution is 2.07. The third-order valence-corrected chi connectivity index (χ3v) is 4.42.